The molecule has 2 unspecified atom stereocenters. The zero-order chi connectivity index (χ0) is 12.2. The molecule has 0 spiro atoms. The van der Waals surface area contributed by atoms with Crippen molar-refractivity contribution in [3.63, 3.8) is 0 Å². The summed E-state index contributed by atoms with van der Waals surface area (Å²) < 4.78 is 0. The van der Waals surface area contributed by atoms with Gasteiger partial charge in [-0.2, -0.15) is 0 Å². The molecule has 1 fully saturated rings. The van der Waals surface area contributed by atoms with E-state index in [1.165, 1.54) is 19.3 Å². The summed E-state index contributed by atoms with van der Waals surface area (Å²) in [6, 6.07) is 0.379. The standard InChI is InChI=1S/C13H25NO2/c1-4-13(5-2,12(15)16)14-11-9-7-6-8-10(11)3/h10-11,14H,4-9H2,1-3H3,(H,15,16). The van der Waals surface area contributed by atoms with E-state index >= 15 is 0 Å². The Morgan fingerprint density at radius 3 is 2.31 bits per heavy atom. The summed E-state index contributed by atoms with van der Waals surface area (Å²) in [5.41, 5.74) is -0.712. The van der Waals surface area contributed by atoms with Gasteiger partial charge in [0, 0.05) is 6.04 Å². The molecule has 16 heavy (non-hydrogen) atoms. The third-order valence-electron chi connectivity index (χ3n) is 4.19. The third kappa shape index (κ3) is 2.76. The van der Waals surface area contributed by atoms with Crippen LogP contribution in [0.15, 0.2) is 0 Å². The maximum Gasteiger partial charge on any atom is 0.323 e. The lowest BCUT2D eigenvalue weighted by Gasteiger charge is -2.38. The van der Waals surface area contributed by atoms with Gasteiger partial charge in [0.1, 0.15) is 5.54 Å². The highest BCUT2D eigenvalue weighted by Gasteiger charge is 2.38. The first-order valence-corrected chi connectivity index (χ1v) is 6.56. The van der Waals surface area contributed by atoms with E-state index in [0.717, 1.165) is 6.42 Å². The first-order chi connectivity index (χ1) is 7.55. The van der Waals surface area contributed by atoms with Crippen LogP contribution in [0, 0.1) is 5.92 Å². The predicted molar refractivity (Wildman–Crippen MR) is 65.5 cm³/mol. The van der Waals surface area contributed by atoms with Gasteiger partial charge in [-0.05, 0) is 31.6 Å². The van der Waals surface area contributed by atoms with E-state index in [2.05, 4.69) is 12.2 Å². The second kappa shape index (κ2) is 5.67. The molecule has 2 atom stereocenters. The number of rotatable bonds is 5. The summed E-state index contributed by atoms with van der Waals surface area (Å²) in [7, 11) is 0. The Hall–Kier alpha value is -0.570. The van der Waals surface area contributed by atoms with Crippen molar-refractivity contribution in [2.45, 2.75) is 70.9 Å². The van der Waals surface area contributed by atoms with Crippen molar-refractivity contribution >= 4 is 5.97 Å². The summed E-state index contributed by atoms with van der Waals surface area (Å²) in [6.45, 7) is 6.14. The van der Waals surface area contributed by atoms with Gasteiger partial charge >= 0.3 is 5.97 Å². The van der Waals surface area contributed by atoms with Gasteiger partial charge in [0.15, 0.2) is 0 Å². The molecule has 0 heterocycles. The minimum Gasteiger partial charge on any atom is -0.480 e. The van der Waals surface area contributed by atoms with Crippen LogP contribution in [0.2, 0.25) is 0 Å². The second-order valence-corrected chi connectivity index (χ2v) is 5.11. The molecule has 3 heteroatoms. The summed E-state index contributed by atoms with van der Waals surface area (Å²) >= 11 is 0. The van der Waals surface area contributed by atoms with Gasteiger partial charge in [-0.1, -0.05) is 33.6 Å². The maximum absolute atomic E-state index is 11.4. The molecule has 0 aliphatic heterocycles. The van der Waals surface area contributed by atoms with Gasteiger partial charge in [0.2, 0.25) is 0 Å². The van der Waals surface area contributed by atoms with Crippen LogP contribution >= 0.6 is 0 Å². The largest absolute Gasteiger partial charge is 0.480 e. The summed E-state index contributed by atoms with van der Waals surface area (Å²) in [4.78, 5) is 11.4. The molecule has 1 aliphatic carbocycles. The van der Waals surface area contributed by atoms with E-state index in [1.807, 2.05) is 13.8 Å². The first-order valence-electron chi connectivity index (χ1n) is 6.56. The number of carboxylic acid groups (broad SMARTS) is 1. The van der Waals surface area contributed by atoms with Crippen LogP contribution in [0.25, 0.3) is 0 Å². The molecular weight excluding hydrogens is 202 g/mol. The molecule has 0 aromatic rings. The van der Waals surface area contributed by atoms with Crippen LogP contribution in [-0.2, 0) is 4.79 Å². The zero-order valence-corrected chi connectivity index (χ0v) is 10.8. The fraction of sp³-hybridized carbons (Fsp3) is 0.923. The molecule has 1 saturated carbocycles. The molecule has 0 radical (unpaired) electrons. The van der Waals surface area contributed by atoms with Gasteiger partial charge in [0.25, 0.3) is 0 Å². The topological polar surface area (TPSA) is 49.3 Å². The van der Waals surface area contributed by atoms with Crippen LogP contribution in [-0.4, -0.2) is 22.7 Å². The minimum atomic E-state index is -0.712. The molecule has 0 aromatic heterocycles. The highest BCUT2D eigenvalue weighted by atomic mass is 16.4. The second-order valence-electron chi connectivity index (χ2n) is 5.11. The smallest absolute Gasteiger partial charge is 0.323 e. The number of nitrogens with one attached hydrogen (secondary N) is 1. The Morgan fingerprint density at radius 2 is 1.88 bits per heavy atom. The van der Waals surface area contributed by atoms with E-state index < -0.39 is 11.5 Å². The van der Waals surface area contributed by atoms with Gasteiger partial charge < -0.3 is 5.11 Å². The average molecular weight is 227 g/mol. The fourth-order valence-corrected chi connectivity index (χ4v) is 2.70. The average Bonchev–Trinajstić information content (AvgIpc) is 2.28. The lowest BCUT2D eigenvalue weighted by Crippen LogP contribution is -2.57. The molecule has 1 rings (SSSR count). The van der Waals surface area contributed by atoms with Crippen molar-refractivity contribution in [1.29, 1.82) is 0 Å². The highest BCUT2D eigenvalue weighted by molar-refractivity contribution is 5.78. The van der Waals surface area contributed by atoms with Crippen LogP contribution in [0.3, 0.4) is 0 Å². The molecule has 0 aromatic carbocycles. The predicted octanol–water partition coefficient (Wildman–Crippen LogP) is 2.80. The molecule has 0 amide bonds. The molecule has 0 saturated heterocycles. The van der Waals surface area contributed by atoms with Crippen molar-refractivity contribution in [2.75, 3.05) is 0 Å². The van der Waals surface area contributed by atoms with Gasteiger partial charge in [-0.15, -0.1) is 0 Å². The van der Waals surface area contributed by atoms with E-state index in [1.54, 1.807) is 0 Å². The Labute approximate surface area is 98.6 Å². The lowest BCUT2D eigenvalue weighted by atomic mass is 9.82. The van der Waals surface area contributed by atoms with E-state index in [9.17, 15) is 9.90 Å². The van der Waals surface area contributed by atoms with Crippen molar-refractivity contribution in [3.8, 4) is 0 Å². The Bertz CT molecular complexity index is 236. The summed E-state index contributed by atoms with van der Waals surface area (Å²) in [5.74, 6) is -0.0964. The minimum absolute atomic E-state index is 0.379. The quantitative estimate of drug-likeness (QED) is 0.759. The number of hydrogen-bond donors (Lipinski definition) is 2. The van der Waals surface area contributed by atoms with Crippen molar-refractivity contribution in [1.82, 2.24) is 5.32 Å². The zero-order valence-electron chi connectivity index (χ0n) is 10.8. The fourth-order valence-electron chi connectivity index (χ4n) is 2.70. The van der Waals surface area contributed by atoms with Crippen molar-refractivity contribution < 1.29 is 9.90 Å². The van der Waals surface area contributed by atoms with Crippen molar-refractivity contribution in [3.05, 3.63) is 0 Å². The monoisotopic (exact) mass is 227 g/mol. The Balaban J connectivity index is 2.70. The number of aliphatic carboxylic acids is 1. The Kier molecular flexibility index (Phi) is 4.78. The van der Waals surface area contributed by atoms with Crippen LogP contribution < -0.4 is 5.32 Å². The van der Waals surface area contributed by atoms with E-state index in [0.29, 0.717) is 24.8 Å². The Morgan fingerprint density at radius 1 is 1.31 bits per heavy atom. The SMILES string of the molecule is CCC(CC)(NC1CCCCC1C)C(=O)O. The first kappa shape index (κ1) is 13.5. The maximum atomic E-state index is 11.4. The van der Waals surface area contributed by atoms with Crippen LogP contribution in [0.5, 0.6) is 0 Å². The molecule has 1 aliphatic rings. The van der Waals surface area contributed by atoms with Gasteiger partial charge in [0.05, 0.1) is 0 Å². The molecule has 0 bridgehead atoms. The van der Waals surface area contributed by atoms with Gasteiger partial charge in [-0.3, -0.25) is 10.1 Å². The van der Waals surface area contributed by atoms with Gasteiger partial charge in [-0.25, -0.2) is 0 Å². The lowest BCUT2D eigenvalue weighted by molar-refractivity contribution is -0.146. The van der Waals surface area contributed by atoms with Crippen LogP contribution in [0.1, 0.15) is 59.3 Å². The van der Waals surface area contributed by atoms with E-state index in [4.69, 9.17) is 0 Å². The molecule has 94 valence electrons. The third-order valence-corrected chi connectivity index (χ3v) is 4.19. The number of carbonyl (C=O) groups is 1. The number of hydrogen-bond acceptors (Lipinski definition) is 2. The highest BCUT2D eigenvalue weighted by Crippen LogP contribution is 2.27. The number of carboxylic acids is 1. The summed E-state index contributed by atoms with van der Waals surface area (Å²) in [5, 5.41) is 12.8. The molecular formula is C13H25NO2. The van der Waals surface area contributed by atoms with Crippen LogP contribution in [0.4, 0.5) is 0 Å². The molecule has 3 nitrogen and oxygen atoms in total. The molecule has 2 N–H and O–H groups in total. The van der Waals surface area contributed by atoms with Crippen molar-refractivity contribution in [2.24, 2.45) is 5.92 Å². The summed E-state index contributed by atoms with van der Waals surface area (Å²) in [6.07, 6.45) is 6.17. The normalized spacial score (nSPS) is 26.7. The van der Waals surface area contributed by atoms with E-state index in [-0.39, 0.29) is 0 Å².